The van der Waals surface area contributed by atoms with Crippen LogP contribution < -0.4 is 5.32 Å². The summed E-state index contributed by atoms with van der Waals surface area (Å²) in [7, 11) is 0. The lowest BCUT2D eigenvalue weighted by Gasteiger charge is -2.18. The summed E-state index contributed by atoms with van der Waals surface area (Å²) in [6.45, 7) is 3.08. The van der Waals surface area contributed by atoms with E-state index in [1.54, 1.807) is 11.3 Å². The molecule has 18 heavy (non-hydrogen) atoms. The molecule has 0 saturated carbocycles. The number of amides is 1. The second kappa shape index (κ2) is 6.55. The summed E-state index contributed by atoms with van der Waals surface area (Å²) in [6.07, 6.45) is 0.559. The average Bonchev–Trinajstić information content (AvgIpc) is 2.70. The molecule has 0 spiro atoms. The topological polar surface area (TPSA) is 52.6 Å². The lowest BCUT2D eigenvalue weighted by atomic mass is 10.2. The van der Waals surface area contributed by atoms with E-state index < -0.39 is 0 Å². The maximum Gasteiger partial charge on any atom is 0.221 e. The molecule has 1 saturated heterocycles. The van der Waals surface area contributed by atoms with Crippen molar-refractivity contribution in [3.63, 3.8) is 0 Å². The summed E-state index contributed by atoms with van der Waals surface area (Å²) in [5.41, 5.74) is 0.984. The molecule has 1 aliphatic rings. The van der Waals surface area contributed by atoms with Crippen LogP contribution in [0.3, 0.4) is 0 Å². The average molecular weight is 264 g/mol. The molecule has 4 nitrogen and oxygen atoms in total. The molecule has 0 radical (unpaired) electrons. The van der Waals surface area contributed by atoms with E-state index in [0.717, 1.165) is 25.2 Å². The Bertz CT molecular complexity index is 473. The minimum absolute atomic E-state index is 0.114. The number of thiophene rings is 1. The van der Waals surface area contributed by atoms with Crippen LogP contribution >= 0.6 is 11.3 Å². The molecule has 0 bridgehead atoms. The molecule has 1 aromatic rings. The normalized spacial score (nSPS) is 16.6. The van der Waals surface area contributed by atoms with Crippen molar-refractivity contribution >= 4 is 17.2 Å². The summed E-state index contributed by atoms with van der Waals surface area (Å²) in [4.78, 5) is 14.7. The van der Waals surface area contributed by atoms with Crippen LogP contribution in [-0.2, 0) is 11.3 Å². The number of nitrogens with zero attached hydrogens (tertiary/aromatic N) is 1. The molecule has 2 rings (SSSR count). The Morgan fingerprint density at radius 1 is 1.50 bits per heavy atom. The van der Waals surface area contributed by atoms with Crippen molar-refractivity contribution in [1.29, 1.82) is 0 Å². The first-order chi connectivity index (χ1) is 8.79. The highest BCUT2D eigenvalue weighted by molar-refractivity contribution is 7.10. The van der Waals surface area contributed by atoms with Crippen molar-refractivity contribution in [2.75, 3.05) is 26.2 Å². The van der Waals surface area contributed by atoms with Crippen LogP contribution in [0.4, 0.5) is 0 Å². The monoisotopic (exact) mass is 264 g/mol. The third-order valence-electron chi connectivity index (χ3n) is 2.82. The van der Waals surface area contributed by atoms with Gasteiger partial charge in [0.15, 0.2) is 0 Å². The summed E-state index contributed by atoms with van der Waals surface area (Å²) in [5.74, 6) is 5.76. The zero-order valence-corrected chi connectivity index (χ0v) is 10.9. The quantitative estimate of drug-likeness (QED) is 0.761. The Hall–Kier alpha value is -1.35. The SMILES string of the molecule is O=C1CCN(Cc2sccc2C#CCO)CCN1. The van der Waals surface area contributed by atoms with Crippen molar-refractivity contribution in [3.8, 4) is 11.8 Å². The molecule has 0 unspecified atom stereocenters. The van der Waals surface area contributed by atoms with Crippen molar-refractivity contribution in [3.05, 3.63) is 21.9 Å². The molecule has 1 amide bonds. The minimum atomic E-state index is -0.114. The molecule has 2 heterocycles. The van der Waals surface area contributed by atoms with Crippen LogP contribution in [0.2, 0.25) is 0 Å². The molecule has 1 aromatic heterocycles. The van der Waals surface area contributed by atoms with E-state index in [-0.39, 0.29) is 12.5 Å². The minimum Gasteiger partial charge on any atom is -0.384 e. The van der Waals surface area contributed by atoms with Gasteiger partial charge in [-0.15, -0.1) is 11.3 Å². The van der Waals surface area contributed by atoms with Gasteiger partial charge in [-0.05, 0) is 11.4 Å². The van der Waals surface area contributed by atoms with Gasteiger partial charge in [0.2, 0.25) is 5.91 Å². The van der Waals surface area contributed by atoms with Crippen LogP contribution in [0.5, 0.6) is 0 Å². The van der Waals surface area contributed by atoms with Crippen molar-refractivity contribution in [1.82, 2.24) is 10.2 Å². The van der Waals surface area contributed by atoms with Gasteiger partial charge in [-0.1, -0.05) is 11.8 Å². The van der Waals surface area contributed by atoms with Gasteiger partial charge < -0.3 is 10.4 Å². The van der Waals surface area contributed by atoms with E-state index in [0.29, 0.717) is 13.0 Å². The lowest BCUT2D eigenvalue weighted by molar-refractivity contribution is -0.120. The standard InChI is InChI=1S/C13H16N2O2S/c16-8-1-2-11-4-9-18-12(11)10-15-6-3-13(17)14-5-7-15/h4,9,16H,3,5-8,10H2,(H,14,17). The Balaban J connectivity index is 2.00. The second-order valence-electron chi connectivity index (χ2n) is 4.09. The summed E-state index contributed by atoms with van der Waals surface area (Å²) < 4.78 is 0. The Labute approximate surface area is 111 Å². The highest BCUT2D eigenvalue weighted by atomic mass is 32.1. The fraction of sp³-hybridized carbons (Fsp3) is 0.462. The number of hydrogen-bond acceptors (Lipinski definition) is 4. The van der Waals surface area contributed by atoms with Crippen LogP contribution in [0, 0.1) is 11.8 Å². The van der Waals surface area contributed by atoms with Gasteiger partial charge in [0.1, 0.15) is 6.61 Å². The first-order valence-electron chi connectivity index (χ1n) is 5.95. The molecular formula is C13H16N2O2S. The summed E-state index contributed by atoms with van der Waals surface area (Å²) >= 11 is 1.67. The molecule has 2 N–H and O–H groups in total. The van der Waals surface area contributed by atoms with Gasteiger partial charge in [0.25, 0.3) is 0 Å². The molecule has 0 aliphatic carbocycles. The fourth-order valence-corrected chi connectivity index (χ4v) is 2.76. The van der Waals surface area contributed by atoms with E-state index in [2.05, 4.69) is 22.1 Å². The summed E-state index contributed by atoms with van der Waals surface area (Å²) in [5, 5.41) is 13.6. The largest absolute Gasteiger partial charge is 0.384 e. The molecule has 1 fully saturated rings. The molecule has 0 atom stereocenters. The van der Waals surface area contributed by atoms with Gasteiger partial charge in [-0.25, -0.2) is 0 Å². The summed E-state index contributed by atoms with van der Waals surface area (Å²) in [6, 6.07) is 1.98. The van der Waals surface area contributed by atoms with Gasteiger partial charge in [0, 0.05) is 43.0 Å². The van der Waals surface area contributed by atoms with E-state index in [4.69, 9.17) is 5.11 Å². The zero-order valence-electron chi connectivity index (χ0n) is 10.1. The number of aliphatic hydroxyl groups excluding tert-OH is 1. The van der Waals surface area contributed by atoms with Gasteiger partial charge in [0.05, 0.1) is 0 Å². The maximum absolute atomic E-state index is 11.3. The van der Waals surface area contributed by atoms with Crippen LogP contribution in [0.1, 0.15) is 16.9 Å². The number of carbonyl (C=O) groups is 1. The maximum atomic E-state index is 11.3. The Morgan fingerprint density at radius 2 is 2.39 bits per heavy atom. The molecular weight excluding hydrogens is 248 g/mol. The van der Waals surface area contributed by atoms with Crippen molar-refractivity contribution < 1.29 is 9.90 Å². The molecule has 1 aliphatic heterocycles. The van der Waals surface area contributed by atoms with Crippen LogP contribution in [-0.4, -0.2) is 42.2 Å². The van der Waals surface area contributed by atoms with E-state index in [1.807, 2.05) is 11.4 Å². The predicted octanol–water partition coefficient (Wildman–Crippen LogP) is 0.414. The predicted molar refractivity (Wildman–Crippen MR) is 71.2 cm³/mol. The van der Waals surface area contributed by atoms with Crippen LogP contribution in [0.15, 0.2) is 11.4 Å². The second-order valence-corrected chi connectivity index (χ2v) is 5.09. The number of nitrogens with one attached hydrogen (secondary N) is 1. The smallest absolute Gasteiger partial charge is 0.221 e. The third kappa shape index (κ3) is 3.57. The Morgan fingerprint density at radius 3 is 3.22 bits per heavy atom. The number of hydrogen-bond donors (Lipinski definition) is 2. The van der Waals surface area contributed by atoms with E-state index in [1.165, 1.54) is 4.88 Å². The lowest BCUT2D eigenvalue weighted by Crippen LogP contribution is -2.28. The highest BCUT2D eigenvalue weighted by Crippen LogP contribution is 2.18. The van der Waals surface area contributed by atoms with Crippen molar-refractivity contribution in [2.24, 2.45) is 0 Å². The van der Waals surface area contributed by atoms with E-state index >= 15 is 0 Å². The first kappa shape index (κ1) is 13.1. The molecule has 0 aromatic carbocycles. The van der Waals surface area contributed by atoms with Crippen LogP contribution in [0.25, 0.3) is 0 Å². The molecule has 5 heteroatoms. The third-order valence-corrected chi connectivity index (χ3v) is 3.73. The number of rotatable bonds is 2. The first-order valence-corrected chi connectivity index (χ1v) is 6.82. The highest BCUT2D eigenvalue weighted by Gasteiger charge is 2.15. The molecule has 96 valence electrons. The fourth-order valence-electron chi connectivity index (χ4n) is 1.88. The number of aliphatic hydroxyl groups is 1. The van der Waals surface area contributed by atoms with Gasteiger partial charge in [-0.2, -0.15) is 0 Å². The van der Waals surface area contributed by atoms with Crippen molar-refractivity contribution in [2.45, 2.75) is 13.0 Å². The van der Waals surface area contributed by atoms with E-state index in [9.17, 15) is 4.79 Å². The van der Waals surface area contributed by atoms with Gasteiger partial charge >= 0.3 is 0 Å². The number of carbonyl (C=O) groups excluding carboxylic acids is 1. The zero-order chi connectivity index (χ0) is 12.8. The van der Waals surface area contributed by atoms with Gasteiger partial charge in [-0.3, -0.25) is 9.69 Å². The Kier molecular flexibility index (Phi) is 4.76.